The van der Waals surface area contributed by atoms with Gasteiger partial charge in [-0.25, -0.2) is 12.8 Å². The van der Waals surface area contributed by atoms with E-state index in [1.54, 1.807) is 13.0 Å². The van der Waals surface area contributed by atoms with Crippen molar-refractivity contribution in [2.75, 3.05) is 31.6 Å². The first-order valence-electron chi connectivity index (χ1n) is 14.4. The van der Waals surface area contributed by atoms with Crippen molar-refractivity contribution < 1.29 is 31.9 Å². The van der Waals surface area contributed by atoms with Crippen LogP contribution < -0.4 is 19.1 Å². The summed E-state index contributed by atoms with van der Waals surface area (Å²) in [6.45, 7) is 1.04. The number of carbonyl (C=O) groups excluding carboxylic acids is 2. The molecule has 1 atom stereocenters. The number of anilines is 1. The zero-order chi connectivity index (χ0) is 33.3. The second-order valence-corrected chi connectivity index (χ2v) is 12.5. The number of benzene rings is 4. The van der Waals surface area contributed by atoms with E-state index in [1.807, 2.05) is 30.3 Å². The molecule has 0 saturated heterocycles. The summed E-state index contributed by atoms with van der Waals surface area (Å²) in [6, 6.07) is 24.0. The number of nitrogens with one attached hydrogen (secondary N) is 1. The van der Waals surface area contributed by atoms with Crippen molar-refractivity contribution in [1.82, 2.24) is 10.2 Å². The predicted molar refractivity (Wildman–Crippen MR) is 175 cm³/mol. The van der Waals surface area contributed by atoms with E-state index in [9.17, 15) is 22.4 Å². The van der Waals surface area contributed by atoms with Gasteiger partial charge in [0.25, 0.3) is 10.0 Å². The molecule has 12 heteroatoms. The standard InChI is InChI=1S/C34H35ClFN3O6S/c1-4-37-34(41)30(20-24-10-6-5-7-11-24)38(22-25-12-8-9-13-29(25)36)33(40)23-39(27-16-14-26(35)15-17-27)46(42,43)28-18-19-31(44-2)32(21-28)45-3/h5-19,21,30H,4,20,22-23H2,1-3H3,(H,37,41). The number of rotatable bonds is 14. The molecule has 0 aliphatic rings. The molecular weight excluding hydrogens is 633 g/mol. The molecule has 1 unspecified atom stereocenters. The van der Waals surface area contributed by atoms with Gasteiger partial charge in [0.2, 0.25) is 11.8 Å². The van der Waals surface area contributed by atoms with Crippen LogP contribution in [0, 0.1) is 5.82 Å². The maximum absolute atomic E-state index is 15.0. The fourth-order valence-corrected chi connectivity index (χ4v) is 6.45. The number of ether oxygens (including phenoxy) is 2. The third-order valence-electron chi connectivity index (χ3n) is 7.26. The number of halogens is 2. The van der Waals surface area contributed by atoms with Crippen molar-refractivity contribution in [2.24, 2.45) is 0 Å². The lowest BCUT2D eigenvalue weighted by atomic mass is 10.0. The SMILES string of the molecule is CCNC(=O)C(Cc1ccccc1)N(Cc1ccccc1F)C(=O)CN(c1ccc(Cl)cc1)S(=O)(=O)c1ccc(OC)c(OC)c1. The third kappa shape index (κ3) is 8.15. The van der Waals surface area contributed by atoms with Crippen LogP contribution in [0.1, 0.15) is 18.1 Å². The first-order chi connectivity index (χ1) is 22.1. The van der Waals surface area contributed by atoms with Crippen molar-refractivity contribution in [3.8, 4) is 11.5 Å². The molecule has 0 bridgehead atoms. The Balaban J connectivity index is 1.82. The molecule has 2 amide bonds. The number of methoxy groups -OCH3 is 2. The molecule has 242 valence electrons. The summed E-state index contributed by atoms with van der Waals surface area (Å²) in [6.07, 6.45) is 0.107. The van der Waals surface area contributed by atoms with Crippen LogP contribution in [-0.2, 0) is 32.6 Å². The Hall–Kier alpha value is -4.61. The minimum absolute atomic E-state index is 0.107. The molecule has 46 heavy (non-hydrogen) atoms. The topological polar surface area (TPSA) is 105 Å². The van der Waals surface area contributed by atoms with Gasteiger partial charge in [0.15, 0.2) is 11.5 Å². The summed E-state index contributed by atoms with van der Waals surface area (Å²) in [5.74, 6) is -1.27. The number of sulfonamides is 1. The van der Waals surface area contributed by atoms with Crippen LogP contribution in [0.25, 0.3) is 0 Å². The lowest BCUT2D eigenvalue weighted by molar-refractivity contribution is -0.140. The quantitative estimate of drug-likeness (QED) is 0.191. The Morgan fingerprint density at radius 2 is 1.54 bits per heavy atom. The fourth-order valence-electron chi connectivity index (χ4n) is 4.90. The van der Waals surface area contributed by atoms with Gasteiger partial charge < -0.3 is 19.7 Å². The number of nitrogens with zero attached hydrogens (tertiary/aromatic N) is 2. The number of hydrogen-bond acceptors (Lipinski definition) is 6. The van der Waals surface area contributed by atoms with Crippen molar-refractivity contribution in [3.63, 3.8) is 0 Å². The second-order valence-electron chi connectivity index (χ2n) is 10.2. The summed E-state index contributed by atoms with van der Waals surface area (Å²) < 4.78 is 55.0. The van der Waals surface area contributed by atoms with E-state index in [4.69, 9.17) is 21.1 Å². The van der Waals surface area contributed by atoms with Crippen molar-refractivity contribution in [1.29, 1.82) is 0 Å². The molecule has 0 radical (unpaired) electrons. The molecule has 0 heterocycles. The molecule has 0 spiro atoms. The number of hydrogen-bond donors (Lipinski definition) is 1. The summed E-state index contributed by atoms with van der Waals surface area (Å²) in [4.78, 5) is 29.0. The van der Waals surface area contributed by atoms with Gasteiger partial charge in [-0.3, -0.25) is 13.9 Å². The van der Waals surface area contributed by atoms with Crippen LogP contribution in [0.3, 0.4) is 0 Å². The normalized spacial score (nSPS) is 11.8. The van der Waals surface area contributed by atoms with Gasteiger partial charge in [-0.1, -0.05) is 60.1 Å². The van der Waals surface area contributed by atoms with Crippen LogP contribution in [-0.4, -0.2) is 58.5 Å². The highest BCUT2D eigenvalue weighted by Gasteiger charge is 2.35. The molecule has 4 aromatic rings. The Kier molecular flexibility index (Phi) is 11.6. The Labute approximate surface area is 273 Å². The minimum Gasteiger partial charge on any atom is -0.493 e. The first-order valence-corrected chi connectivity index (χ1v) is 16.3. The van der Waals surface area contributed by atoms with Gasteiger partial charge in [-0.15, -0.1) is 0 Å². The number of carbonyl (C=O) groups is 2. The van der Waals surface area contributed by atoms with Gasteiger partial charge in [-0.2, -0.15) is 0 Å². The molecule has 0 aliphatic carbocycles. The van der Waals surface area contributed by atoms with E-state index < -0.39 is 40.2 Å². The van der Waals surface area contributed by atoms with E-state index in [0.29, 0.717) is 10.8 Å². The molecule has 4 aromatic carbocycles. The van der Waals surface area contributed by atoms with Crippen LogP contribution in [0.2, 0.25) is 5.02 Å². The van der Waals surface area contributed by atoms with E-state index in [2.05, 4.69) is 5.32 Å². The van der Waals surface area contributed by atoms with Crippen LogP contribution in [0.5, 0.6) is 11.5 Å². The highest BCUT2D eigenvalue weighted by molar-refractivity contribution is 7.92. The minimum atomic E-state index is -4.42. The average Bonchev–Trinajstić information content (AvgIpc) is 3.06. The molecule has 1 N–H and O–H groups in total. The highest BCUT2D eigenvalue weighted by atomic mass is 35.5. The van der Waals surface area contributed by atoms with Crippen LogP contribution in [0.4, 0.5) is 10.1 Å². The monoisotopic (exact) mass is 667 g/mol. The van der Waals surface area contributed by atoms with Gasteiger partial charge in [0, 0.05) is 36.2 Å². The smallest absolute Gasteiger partial charge is 0.264 e. The first kappa shape index (κ1) is 34.3. The predicted octanol–water partition coefficient (Wildman–Crippen LogP) is 5.47. The Morgan fingerprint density at radius 1 is 0.891 bits per heavy atom. The lowest BCUT2D eigenvalue weighted by Gasteiger charge is -2.34. The average molecular weight is 668 g/mol. The van der Waals surface area contributed by atoms with Gasteiger partial charge in [-0.05, 0) is 55.0 Å². The summed E-state index contributed by atoms with van der Waals surface area (Å²) >= 11 is 6.11. The maximum Gasteiger partial charge on any atom is 0.264 e. The Bertz CT molecular complexity index is 1760. The molecule has 0 fully saturated rings. The zero-order valence-corrected chi connectivity index (χ0v) is 27.2. The van der Waals surface area contributed by atoms with Crippen LogP contribution in [0.15, 0.2) is 102 Å². The molecule has 9 nitrogen and oxygen atoms in total. The molecule has 0 saturated carbocycles. The molecule has 0 aliphatic heterocycles. The third-order valence-corrected chi connectivity index (χ3v) is 9.28. The highest BCUT2D eigenvalue weighted by Crippen LogP contribution is 2.33. The molecule has 0 aromatic heterocycles. The fraction of sp³-hybridized carbons (Fsp3) is 0.235. The van der Waals surface area contributed by atoms with E-state index >= 15 is 0 Å². The maximum atomic E-state index is 15.0. The summed E-state index contributed by atoms with van der Waals surface area (Å²) in [5, 5.41) is 3.13. The van der Waals surface area contributed by atoms with Gasteiger partial charge in [0.05, 0.1) is 24.8 Å². The van der Waals surface area contributed by atoms with Crippen molar-refractivity contribution in [2.45, 2.75) is 30.8 Å². The summed E-state index contributed by atoms with van der Waals surface area (Å²) in [5.41, 5.74) is 1.08. The van der Waals surface area contributed by atoms with E-state index in [-0.39, 0.29) is 41.4 Å². The second kappa shape index (κ2) is 15.6. The van der Waals surface area contributed by atoms with Crippen molar-refractivity contribution >= 4 is 39.1 Å². The van der Waals surface area contributed by atoms with Gasteiger partial charge in [0.1, 0.15) is 18.4 Å². The van der Waals surface area contributed by atoms with E-state index in [0.717, 1.165) is 9.87 Å². The zero-order valence-electron chi connectivity index (χ0n) is 25.7. The largest absolute Gasteiger partial charge is 0.493 e. The molecule has 4 rings (SSSR count). The van der Waals surface area contributed by atoms with Crippen molar-refractivity contribution in [3.05, 3.63) is 119 Å². The van der Waals surface area contributed by atoms with E-state index in [1.165, 1.54) is 79.8 Å². The Morgan fingerprint density at radius 3 is 2.17 bits per heavy atom. The number of likely N-dealkylation sites (N-methyl/N-ethyl adjacent to an activating group) is 1. The number of amides is 2. The van der Waals surface area contributed by atoms with Gasteiger partial charge >= 0.3 is 0 Å². The lowest BCUT2D eigenvalue weighted by Crippen LogP contribution is -2.53. The summed E-state index contributed by atoms with van der Waals surface area (Å²) in [7, 11) is -1.61. The van der Waals surface area contributed by atoms with Crippen LogP contribution >= 0.6 is 11.6 Å². The molecular formula is C34H35ClFN3O6S.